The van der Waals surface area contributed by atoms with Crippen molar-refractivity contribution in [2.75, 3.05) is 19.5 Å². The van der Waals surface area contributed by atoms with E-state index in [4.69, 9.17) is 32.8 Å². The van der Waals surface area contributed by atoms with Crippen LogP contribution in [0, 0.1) is 29.6 Å². The number of rotatable bonds is 19. The highest BCUT2D eigenvalue weighted by Crippen LogP contribution is 2.48. The van der Waals surface area contributed by atoms with Crippen LogP contribution in [0.3, 0.4) is 0 Å². The van der Waals surface area contributed by atoms with E-state index in [2.05, 4.69) is 54.6 Å². The highest BCUT2D eigenvalue weighted by atomic mass is 32.2. The Hall–Kier alpha value is -3.17. The van der Waals surface area contributed by atoms with Crippen molar-refractivity contribution < 1.29 is 50.9 Å². The summed E-state index contributed by atoms with van der Waals surface area (Å²) in [5.74, 6) is -2.61. The molecule has 2 fully saturated rings. The number of ketones is 1. The lowest BCUT2D eigenvalue weighted by atomic mass is 9.73. The van der Waals surface area contributed by atoms with Gasteiger partial charge in [-0.25, -0.2) is 13.2 Å². The number of carbonyl (C=O) groups excluding carboxylic acids is 2. The minimum atomic E-state index is -3.51. The zero-order valence-electron chi connectivity index (χ0n) is 39.8. The molecule has 2 aromatic carbocycles. The predicted molar refractivity (Wildman–Crippen MR) is 245 cm³/mol. The van der Waals surface area contributed by atoms with E-state index >= 15 is 4.79 Å². The summed E-state index contributed by atoms with van der Waals surface area (Å²) in [6.07, 6.45) is 4.47. The first kappa shape index (κ1) is 51.5. The molecule has 11 nitrogen and oxygen atoms in total. The molecule has 2 aliphatic heterocycles. The number of benzene rings is 2. The zero-order valence-corrected chi connectivity index (χ0v) is 41.6. The molecule has 4 rings (SSSR count). The lowest BCUT2D eigenvalue weighted by molar-refractivity contribution is -0.336. The van der Waals surface area contributed by atoms with E-state index in [0.717, 1.165) is 5.56 Å². The molecule has 0 radical (unpaired) electrons. The van der Waals surface area contributed by atoms with E-state index < -0.39 is 59.9 Å². The van der Waals surface area contributed by atoms with E-state index in [-0.39, 0.29) is 64.0 Å². The summed E-state index contributed by atoms with van der Waals surface area (Å²) in [4.78, 5) is 27.9. The van der Waals surface area contributed by atoms with Crippen LogP contribution in [0.25, 0.3) is 0 Å². The molecular weight excluding hydrogens is 825 g/mol. The summed E-state index contributed by atoms with van der Waals surface area (Å²) in [6, 6.07) is 15.8. The number of methoxy groups -OCH3 is 1. The van der Waals surface area contributed by atoms with Crippen LogP contribution >= 0.6 is 0 Å². The van der Waals surface area contributed by atoms with Gasteiger partial charge < -0.3 is 32.8 Å². The summed E-state index contributed by atoms with van der Waals surface area (Å²) in [6.45, 7) is 28.8. The van der Waals surface area contributed by atoms with E-state index in [1.165, 1.54) is 6.08 Å². The van der Waals surface area contributed by atoms with Gasteiger partial charge in [-0.3, -0.25) is 4.79 Å². The number of hydrogen-bond acceptors (Lipinski definition) is 11. The van der Waals surface area contributed by atoms with Crippen molar-refractivity contribution in [2.45, 2.75) is 155 Å². The molecule has 0 spiro atoms. The van der Waals surface area contributed by atoms with Gasteiger partial charge in [0.15, 0.2) is 41.6 Å². The van der Waals surface area contributed by atoms with Gasteiger partial charge in [-0.15, -0.1) is 0 Å². The van der Waals surface area contributed by atoms with Gasteiger partial charge in [0, 0.05) is 29.4 Å². The quantitative estimate of drug-likeness (QED) is 0.0578. The number of carbonyl (C=O) groups is 2. The highest BCUT2D eigenvalue weighted by molar-refractivity contribution is 7.91. The van der Waals surface area contributed by atoms with Crippen LogP contribution in [0.1, 0.15) is 101 Å². The topological polar surface area (TPSA) is 133 Å². The molecule has 2 saturated heterocycles. The van der Waals surface area contributed by atoms with E-state index in [9.17, 15) is 13.2 Å². The van der Waals surface area contributed by atoms with Crippen LogP contribution in [-0.2, 0) is 47.5 Å². The first-order valence-electron chi connectivity index (χ1n) is 22.1. The van der Waals surface area contributed by atoms with Gasteiger partial charge >= 0.3 is 5.97 Å². The summed E-state index contributed by atoms with van der Waals surface area (Å²) in [5, 5.41) is -0.0771. The average Bonchev–Trinajstić information content (AvgIpc) is 3.58. The maximum absolute atomic E-state index is 15.2. The number of ether oxygens (including phenoxy) is 6. The SMILES string of the molecule is CCOC(=O)/C=C/[C@H](C)[C@@H](O[Si](C)(C)C(C)(C)C)[C@H](C)[C@H]1OC(C)(C)O[C@@H]([C@H](C)C(=O)[C@]2(C)OC(c3ccc(OC)cc3)O[C@H]2[C@H](C)C/C=C/CS(=O)(=O)c2ccccc2)[C@H]1C. The zero-order chi connectivity index (χ0) is 46.4. The molecule has 2 aromatic rings. The van der Waals surface area contributed by atoms with Crippen LogP contribution in [0.4, 0.5) is 0 Å². The van der Waals surface area contributed by atoms with Crippen LogP contribution in [-0.4, -0.2) is 83.8 Å². The highest BCUT2D eigenvalue weighted by Gasteiger charge is 2.58. The smallest absolute Gasteiger partial charge is 0.330 e. The molecule has 62 heavy (non-hydrogen) atoms. The molecule has 0 saturated carbocycles. The fourth-order valence-corrected chi connectivity index (χ4v) is 11.1. The molecule has 0 aromatic heterocycles. The van der Waals surface area contributed by atoms with Gasteiger partial charge in [-0.1, -0.05) is 104 Å². The van der Waals surface area contributed by atoms with Crippen LogP contribution in [0.2, 0.25) is 18.1 Å². The third-order valence-corrected chi connectivity index (χ3v) is 19.1. The number of hydrogen-bond donors (Lipinski definition) is 0. The molecule has 0 aliphatic carbocycles. The van der Waals surface area contributed by atoms with Crippen molar-refractivity contribution in [3.05, 3.63) is 84.5 Å². The summed E-state index contributed by atoms with van der Waals surface area (Å²) in [7, 11) is -4.24. The van der Waals surface area contributed by atoms with Crippen LogP contribution in [0.15, 0.2) is 83.8 Å². The van der Waals surface area contributed by atoms with Crippen molar-refractivity contribution in [1.82, 2.24) is 0 Å². The Morgan fingerprint density at radius 1 is 0.903 bits per heavy atom. The monoisotopic (exact) mass is 898 g/mol. The number of esters is 1. The second kappa shape index (κ2) is 20.8. The number of sulfone groups is 1. The molecule has 0 bridgehead atoms. The minimum Gasteiger partial charge on any atom is -0.497 e. The molecule has 346 valence electrons. The maximum Gasteiger partial charge on any atom is 0.330 e. The fourth-order valence-electron chi connectivity index (χ4n) is 8.47. The summed E-state index contributed by atoms with van der Waals surface area (Å²) < 4.78 is 70.6. The minimum absolute atomic E-state index is 0.0771. The van der Waals surface area contributed by atoms with E-state index in [1.54, 1.807) is 57.4 Å². The van der Waals surface area contributed by atoms with Crippen molar-refractivity contribution in [3.63, 3.8) is 0 Å². The maximum atomic E-state index is 15.2. The predicted octanol–water partition coefficient (Wildman–Crippen LogP) is 10.1. The molecule has 11 atom stereocenters. The van der Waals surface area contributed by atoms with Crippen molar-refractivity contribution in [3.8, 4) is 5.75 Å². The van der Waals surface area contributed by atoms with Gasteiger partial charge in [0.25, 0.3) is 0 Å². The summed E-state index contributed by atoms with van der Waals surface area (Å²) in [5.41, 5.74) is -0.665. The second-order valence-corrected chi connectivity index (χ2v) is 26.2. The Bertz CT molecular complexity index is 1960. The molecular formula is C49H74O11SSi. The van der Waals surface area contributed by atoms with Gasteiger partial charge in [-0.05, 0) is 88.3 Å². The molecule has 2 aliphatic rings. The molecule has 0 amide bonds. The van der Waals surface area contributed by atoms with Crippen LogP contribution in [0.5, 0.6) is 5.75 Å². The third-order valence-electron chi connectivity index (χ3n) is 13.0. The van der Waals surface area contributed by atoms with Gasteiger partial charge in [0.05, 0.1) is 48.8 Å². The van der Waals surface area contributed by atoms with Crippen molar-refractivity contribution in [2.24, 2.45) is 29.6 Å². The Labute approximate surface area is 373 Å². The Kier molecular flexibility index (Phi) is 17.2. The molecule has 13 heteroatoms. The Morgan fingerprint density at radius 2 is 1.52 bits per heavy atom. The Morgan fingerprint density at radius 3 is 2.10 bits per heavy atom. The third kappa shape index (κ3) is 12.3. The standard InChI is InChI=1S/C49H74O11SSi/c1-16-55-40(50)30-25-32(2)41(60-62(14,15)47(7,8)9)34(4)42-35(5)43(58-48(10,11)57-42)36(6)44(51)49(12)45(56-46(59-49)37-26-28-38(54-13)29-27-37)33(3)22-20-21-31-61(52,53)39-23-18-17-19-24-39/h17-21,23-30,32-36,41-43,45-46H,16,22,31H2,1-15H3/b21-20+,30-25+/t32-,33+,34-,35-,36-,41+,42+,43+,45-,46?,49-/m0/s1. The number of Topliss-reactive ketones (excluding diaryl/α,β-unsaturated/α-hetero) is 1. The average molecular weight is 899 g/mol. The first-order chi connectivity index (χ1) is 28.8. The van der Waals surface area contributed by atoms with Gasteiger partial charge in [0.1, 0.15) is 5.75 Å². The largest absolute Gasteiger partial charge is 0.497 e. The first-order valence-corrected chi connectivity index (χ1v) is 26.7. The molecule has 2 heterocycles. The van der Waals surface area contributed by atoms with Gasteiger partial charge in [0.2, 0.25) is 0 Å². The van der Waals surface area contributed by atoms with Gasteiger partial charge in [-0.2, -0.15) is 0 Å². The van der Waals surface area contributed by atoms with Crippen LogP contribution < -0.4 is 4.74 Å². The van der Waals surface area contributed by atoms with E-state index in [0.29, 0.717) is 12.2 Å². The lowest BCUT2D eigenvalue weighted by Crippen LogP contribution is -2.60. The molecule has 0 N–H and O–H groups in total. The lowest BCUT2D eigenvalue weighted by Gasteiger charge is -2.51. The fraction of sp³-hybridized carbons (Fsp3) is 0.633. The second-order valence-electron chi connectivity index (χ2n) is 19.4. The Balaban J connectivity index is 1.65. The number of allylic oxidation sites excluding steroid dienone is 1. The summed E-state index contributed by atoms with van der Waals surface area (Å²) >= 11 is 0. The normalized spacial score (nSPS) is 27.1. The molecule has 1 unspecified atom stereocenters. The van der Waals surface area contributed by atoms with Crippen molar-refractivity contribution >= 4 is 29.9 Å². The van der Waals surface area contributed by atoms with E-state index in [1.807, 2.05) is 64.1 Å². The van der Waals surface area contributed by atoms with Crippen molar-refractivity contribution in [1.29, 1.82) is 0 Å².